The Morgan fingerprint density at radius 3 is 2.48 bits per heavy atom. The third-order valence-corrected chi connectivity index (χ3v) is 3.24. The van der Waals surface area contributed by atoms with E-state index in [1.165, 1.54) is 17.4 Å². The lowest BCUT2D eigenvalue weighted by Crippen LogP contribution is -2.66. The van der Waals surface area contributed by atoms with Gasteiger partial charge in [0.1, 0.15) is 11.0 Å². The normalized spacial score (nSPS) is 14.1. The Kier molecular flexibility index (Phi) is 7.82. The van der Waals surface area contributed by atoms with Crippen molar-refractivity contribution in [3.63, 3.8) is 0 Å². The van der Waals surface area contributed by atoms with E-state index in [1.54, 1.807) is 6.92 Å². The van der Waals surface area contributed by atoms with E-state index in [9.17, 15) is 27.2 Å². The summed E-state index contributed by atoms with van der Waals surface area (Å²) in [6, 6.07) is 2.82. The molecule has 27 heavy (non-hydrogen) atoms. The number of hydrogen-bond donors (Lipinski definition) is 2. The van der Waals surface area contributed by atoms with E-state index in [0.717, 1.165) is 12.1 Å². The smallest absolute Gasteiger partial charge is 0.463 e. The molecule has 7 nitrogen and oxygen atoms in total. The van der Waals surface area contributed by atoms with Crippen LogP contribution in [0.1, 0.15) is 19.8 Å². The highest BCUT2D eigenvalue weighted by molar-refractivity contribution is 6.65. The summed E-state index contributed by atoms with van der Waals surface area (Å²) in [6.07, 6.45) is -4.95. The van der Waals surface area contributed by atoms with Crippen molar-refractivity contribution in [2.75, 3.05) is 12.4 Å². The van der Waals surface area contributed by atoms with Gasteiger partial charge >= 0.3 is 23.9 Å². The van der Waals surface area contributed by atoms with Crippen molar-refractivity contribution >= 4 is 34.5 Å². The molecule has 0 aliphatic carbocycles. The lowest BCUT2D eigenvalue weighted by atomic mass is 10.2. The second kappa shape index (κ2) is 9.40. The number of carbonyl (C=O) groups is 2. The van der Waals surface area contributed by atoms with Crippen molar-refractivity contribution in [1.29, 1.82) is 0 Å². The number of rotatable bonds is 7. The van der Waals surface area contributed by atoms with Crippen LogP contribution in [0.25, 0.3) is 0 Å². The fourth-order valence-electron chi connectivity index (χ4n) is 1.75. The first-order valence-electron chi connectivity index (χ1n) is 7.46. The zero-order valence-electron chi connectivity index (χ0n) is 14.2. The van der Waals surface area contributed by atoms with Gasteiger partial charge < -0.3 is 14.9 Å². The van der Waals surface area contributed by atoms with Crippen molar-refractivity contribution in [2.24, 2.45) is 5.16 Å². The summed E-state index contributed by atoms with van der Waals surface area (Å²) in [6.45, 7) is 1.68. The van der Waals surface area contributed by atoms with Crippen LogP contribution < -0.4 is 10.6 Å². The van der Waals surface area contributed by atoms with E-state index in [4.69, 9.17) is 11.6 Å². The zero-order valence-corrected chi connectivity index (χ0v) is 14.9. The molecule has 0 radical (unpaired) electrons. The molecule has 0 saturated heterocycles. The summed E-state index contributed by atoms with van der Waals surface area (Å²) in [5.74, 6) is -2.73. The van der Waals surface area contributed by atoms with Gasteiger partial charge in [-0.15, -0.1) is 0 Å². The van der Waals surface area contributed by atoms with Gasteiger partial charge in [0.15, 0.2) is 0 Å². The number of methoxy groups -OCH3 is 1. The molecule has 2 amide bonds. The largest absolute Gasteiger partial charge is 0.464 e. The SMILES string of the molecule is CCC/C(Cl)=N\O[C@](NC(=O)Nc1cccc(F)c1)(C(=O)OC)C(F)(F)F. The fourth-order valence-corrected chi connectivity index (χ4v) is 1.98. The third kappa shape index (κ3) is 5.98. The molecule has 0 aromatic heterocycles. The number of alkyl halides is 3. The Bertz CT molecular complexity index is 715. The molecule has 1 rings (SSSR count). The Labute approximate surface area is 156 Å². The van der Waals surface area contributed by atoms with E-state index in [-0.39, 0.29) is 17.3 Å². The Morgan fingerprint density at radius 1 is 1.30 bits per heavy atom. The molecule has 0 aliphatic heterocycles. The van der Waals surface area contributed by atoms with Crippen LogP contribution in [0.3, 0.4) is 0 Å². The molecule has 0 fully saturated rings. The quantitative estimate of drug-likeness (QED) is 0.234. The molecular formula is C15H16ClF4N3O4. The van der Waals surface area contributed by atoms with Crippen LogP contribution in [0.5, 0.6) is 0 Å². The van der Waals surface area contributed by atoms with Crippen LogP contribution in [0.2, 0.25) is 0 Å². The Morgan fingerprint density at radius 2 is 1.96 bits per heavy atom. The van der Waals surface area contributed by atoms with Crippen LogP contribution in [-0.4, -0.2) is 36.2 Å². The molecule has 0 heterocycles. The number of nitrogens with one attached hydrogen (secondary N) is 2. The first-order valence-corrected chi connectivity index (χ1v) is 7.84. The van der Waals surface area contributed by atoms with Crippen molar-refractivity contribution in [1.82, 2.24) is 5.32 Å². The number of carbonyl (C=O) groups excluding carboxylic acids is 2. The summed E-state index contributed by atoms with van der Waals surface area (Å²) < 4.78 is 57.9. The molecule has 0 unspecified atom stereocenters. The maximum atomic E-state index is 13.6. The number of nitrogens with zero attached hydrogens (tertiary/aromatic N) is 1. The standard InChI is InChI=1S/C15H16ClF4N3O4/c1-3-5-11(16)23-27-14(12(24)26-2,15(18,19)20)22-13(25)21-10-7-4-6-9(17)8-10/h4,6-8H,3,5H2,1-2H3,(H2,21,22,25)/b23-11+/t14-/m1/s1. The lowest BCUT2D eigenvalue weighted by Gasteiger charge is -2.30. The van der Waals surface area contributed by atoms with Crippen LogP contribution in [0, 0.1) is 5.82 Å². The van der Waals surface area contributed by atoms with E-state index in [1.807, 2.05) is 5.32 Å². The van der Waals surface area contributed by atoms with Crippen molar-refractivity contribution < 1.29 is 36.7 Å². The number of ether oxygens (including phenoxy) is 1. The predicted octanol–water partition coefficient (Wildman–Crippen LogP) is 3.75. The van der Waals surface area contributed by atoms with Gasteiger partial charge in [-0.3, -0.25) is 5.32 Å². The summed E-state index contributed by atoms with van der Waals surface area (Å²) in [4.78, 5) is 28.1. The second-order valence-corrected chi connectivity index (χ2v) is 5.51. The van der Waals surface area contributed by atoms with E-state index < -0.39 is 29.7 Å². The molecule has 150 valence electrons. The third-order valence-electron chi connectivity index (χ3n) is 2.98. The summed E-state index contributed by atoms with van der Waals surface area (Å²) in [5.41, 5.74) is -4.13. The monoisotopic (exact) mass is 413 g/mol. The number of amides is 2. The average molecular weight is 414 g/mol. The highest BCUT2D eigenvalue weighted by Gasteiger charge is 2.67. The molecule has 1 aromatic rings. The number of anilines is 1. The minimum atomic E-state index is -5.47. The van der Waals surface area contributed by atoms with Crippen LogP contribution in [-0.2, 0) is 14.4 Å². The van der Waals surface area contributed by atoms with Crippen LogP contribution in [0.4, 0.5) is 28.0 Å². The first-order chi connectivity index (χ1) is 12.6. The number of oxime groups is 1. The highest BCUT2D eigenvalue weighted by Crippen LogP contribution is 2.33. The van der Waals surface area contributed by atoms with Gasteiger partial charge in [-0.25, -0.2) is 14.0 Å². The van der Waals surface area contributed by atoms with Gasteiger partial charge in [-0.1, -0.05) is 29.7 Å². The van der Waals surface area contributed by atoms with Crippen LogP contribution >= 0.6 is 11.6 Å². The van der Waals surface area contributed by atoms with E-state index in [0.29, 0.717) is 13.5 Å². The second-order valence-electron chi connectivity index (χ2n) is 5.07. The van der Waals surface area contributed by atoms with Crippen LogP contribution in [0.15, 0.2) is 29.4 Å². The number of urea groups is 1. The average Bonchev–Trinajstić information content (AvgIpc) is 2.57. The molecular weight excluding hydrogens is 398 g/mol. The summed E-state index contributed by atoms with van der Waals surface area (Å²) in [7, 11) is 0.662. The van der Waals surface area contributed by atoms with E-state index >= 15 is 0 Å². The van der Waals surface area contributed by atoms with Gasteiger partial charge in [-0.05, 0) is 24.6 Å². The van der Waals surface area contributed by atoms with Crippen molar-refractivity contribution in [2.45, 2.75) is 31.7 Å². The van der Waals surface area contributed by atoms with Gasteiger partial charge in [-0.2, -0.15) is 13.2 Å². The van der Waals surface area contributed by atoms with Crippen molar-refractivity contribution in [3.05, 3.63) is 30.1 Å². The zero-order chi connectivity index (χ0) is 20.7. The molecule has 0 saturated carbocycles. The maximum Gasteiger partial charge on any atom is 0.463 e. The predicted molar refractivity (Wildman–Crippen MR) is 88.6 cm³/mol. The highest BCUT2D eigenvalue weighted by atomic mass is 35.5. The fraction of sp³-hybridized carbons (Fsp3) is 0.400. The Hall–Kier alpha value is -2.56. The van der Waals surface area contributed by atoms with Gasteiger partial charge in [0, 0.05) is 12.1 Å². The Balaban J connectivity index is 3.17. The van der Waals surface area contributed by atoms with Gasteiger partial charge in [0.25, 0.3) is 0 Å². The van der Waals surface area contributed by atoms with Crippen molar-refractivity contribution in [3.8, 4) is 0 Å². The molecule has 12 heteroatoms. The minimum Gasteiger partial charge on any atom is -0.464 e. The molecule has 0 bridgehead atoms. The summed E-state index contributed by atoms with van der Waals surface area (Å²) in [5, 5.41) is 5.97. The van der Waals surface area contributed by atoms with Gasteiger partial charge in [0.05, 0.1) is 7.11 Å². The number of benzene rings is 1. The lowest BCUT2D eigenvalue weighted by molar-refractivity contribution is -0.283. The summed E-state index contributed by atoms with van der Waals surface area (Å²) >= 11 is 5.60. The minimum absolute atomic E-state index is 0.0755. The molecule has 0 aliphatic rings. The topological polar surface area (TPSA) is 89.0 Å². The molecule has 1 atom stereocenters. The first kappa shape index (κ1) is 22.5. The van der Waals surface area contributed by atoms with Gasteiger partial charge in [0.2, 0.25) is 0 Å². The molecule has 0 spiro atoms. The van der Waals surface area contributed by atoms with E-state index in [2.05, 4.69) is 14.7 Å². The number of esters is 1. The molecule has 1 aromatic carbocycles. The maximum absolute atomic E-state index is 13.6. The number of halogens is 5. The number of hydrogen-bond acceptors (Lipinski definition) is 5. The molecule has 2 N–H and O–H groups in total.